The maximum absolute atomic E-state index is 17.8. The van der Waals surface area contributed by atoms with Gasteiger partial charge in [-0.3, -0.25) is 0 Å². The highest BCUT2D eigenvalue weighted by Crippen LogP contribution is 2.39. The van der Waals surface area contributed by atoms with Gasteiger partial charge in [0, 0.05) is 23.9 Å². The van der Waals surface area contributed by atoms with Gasteiger partial charge in [-0.1, -0.05) is 0 Å². The van der Waals surface area contributed by atoms with Gasteiger partial charge in [-0.15, -0.1) is 0 Å². The van der Waals surface area contributed by atoms with Crippen molar-refractivity contribution in [3.63, 3.8) is 0 Å². The third-order valence-electron chi connectivity index (χ3n) is 21.8. The first kappa shape index (κ1) is 109. The SMILES string of the molecule is Fc1c(F)c(F)c([B-]([N+]#C[B-](C#[N+][B-](c2c(F)c(F)c(F)c(F)c2F)(c2c(F)c(F)c(F)c(F)c2F)c2c(F)c(F)c(F)c(F)c2F)(C#[N+][B-](c2c(F)c(F)c(F)c(F)c2F)(c2c(F)c(F)c(F)c(F)c2F)c2c(F)c(F)c(F)c(F)c2F)C#[N+][B-](c2c(F)c(F)c(F)c(F)c2F)(c2c(F)c(F)c(F)c(F)c2F)c2c(F)c(F)c(F)c(F)c2F)(c2c(F)c(F)c(F)c(F)c2F)c2c(F)c(F)c(F)c(F)c2F)c(F)c1F. The molecule has 0 aliphatic rings. The summed E-state index contributed by atoms with van der Waals surface area (Å²) in [7, 11) is 0. The number of hydrogen-bond donors (Lipinski definition) is 0. The zero-order chi connectivity index (χ0) is 110. The molecule has 0 aliphatic carbocycles. The minimum absolute atomic E-state index is 0.722. The second-order valence-corrected chi connectivity index (χ2v) is 29.0. The first-order valence-corrected chi connectivity index (χ1v) is 35.9. The molecule has 0 spiro atoms. The van der Waals surface area contributed by atoms with Gasteiger partial charge in [0.25, 0.3) is 0 Å². The van der Waals surface area contributed by atoms with Crippen molar-refractivity contribution in [3.8, 4) is 23.9 Å². The van der Waals surface area contributed by atoms with Crippen LogP contribution in [0, 0.1) is 373 Å². The van der Waals surface area contributed by atoms with Gasteiger partial charge < -0.3 is 19.0 Å². The van der Waals surface area contributed by atoms with Crippen molar-refractivity contribution in [3.05, 3.63) is 368 Å². The highest BCUT2D eigenvalue weighted by molar-refractivity contribution is 7.20. The van der Waals surface area contributed by atoms with Gasteiger partial charge in [0.1, 0.15) is 140 Å². The van der Waals surface area contributed by atoms with Crippen LogP contribution in [0.15, 0.2) is 0 Å². The monoisotopic (exact) mass is 2160 g/mol. The molecule has 0 aromatic heterocycles. The summed E-state index contributed by atoms with van der Waals surface area (Å²) in [6, 6.07) is 0. The Morgan fingerprint density at radius 3 is 0.186 bits per heavy atom. The van der Waals surface area contributed by atoms with E-state index in [1.165, 1.54) is 0 Å². The molecule has 0 saturated carbocycles. The molecule has 12 aromatic carbocycles. The Kier molecular flexibility index (Phi) is 27.6. The van der Waals surface area contributed by atoms with Crippen LogP contribution in [-0.4, -0.2) is 31.3 Å². The lowest BCUT2D eigenvalue weighted by atomic mass is 9.21. The van der Waals surface area contributed by atoms with E-state index in [1.807, 2.05) is 0 Å². The van der Waals surface area contributed by atoms with E-state index in [0.29, 0.717) is 0 Å². The van der Waals surface area contributed by atoms with Crippen LogP contribution in [0.2, 0.25) is 0 Å². The van der Waals surface area contributed by atoms with Gasteiger partial charge in [-0.05, 0) is 65.6 Å². The van der Waals surface area contributed by atoms with Gasteiger partial charge in [0.2, 0.25) is 0 Å². The maximum atomic E-state index is 17.8. The average Bonchev–Trinajstić information content (AvgIpc) is 0.734. The summed E-state index contributed by atoms with van der Waals surface area (Å²) in [6.45, 7) is 0. The molecule has 4 nitrogen and oxygen atoms in total. The number of halogens is 60. The molecule has 0 amide bonds. The summed E-state index contributed by atoms with van der Waals surface area (Å²) in [5.41, 5.74) is -59.5. The summed E-state index contributed by atoms with van der Waals surface area (Å²) >= 11 is 0. The lowest BCUT2D eigenvalue weighted by Gasteiger charge is -2.31. The van der Waals surface area contributed by atoms with Gasteiger partial charge in [-0.2, -0.15) is 0 Å². The summed E-state index contributed by atoms with van der Waals surface area (Å²) < 4.78 is 1020. The van der Waals surface area contributed by atoms with Crippen LogP contribution >= 0.6 is 0 Å². The molecule has 0 fully saturated rings. The average molecular weight is 2160 g/mol. The van der Waals surface area contributed by atoms with Crippen molar-refractivity contribution in [1.82, 2.24) is 0 Å². The number of nitrogens with zero attached hydrogens (tertiary/aromatic N) is 4. The molecule has 0 N–H and O–H groups in total. The van der Waals surface area contributed by atoms with Crippen molar-refractivity contribution < 1.29 is 263 Å². The van der Waals surface area contributed by atoms with Crippen molar-refractivity contribution >= 4 is 96.8 Å². The van der Waals surface area contributed by atoms with E-state index in [2.05, 4.69) is 0 Å². The van der Waals surface area contributed by atoms with Crippen LogP contribution in [0.25, 0.3) is 19.0 Å². The highest BCUT2D eigenvalue weighted by Gasteiger charge is 2.67. The number of rotatable bonds is 12. The molecule has 12 aromatic rings. The fourth-order valence-corrected chi connectivity index (χ4v) is 15.4. The molecular formula is C76B5F60N4-. The van der Waals surface area contributed by atoms with Gasteiger partial charge in [0.15, 0.2) is 209 Å². The van der Waals surface area contributed by atoms with Crippen LogP contribution in [0.4, 0.5) is 263 Å². The zero-order valence-corrected chi connectivity index (χ0v) is 65.4. The van der Waals surface area contributed by atoms with Crippen LogP contribution in [0.3, 0.4) is 0 Å². The summed E-state index contributed by atoms with van der Waals surface area (Å²) in [5.74, 6) is -285. The fourth-order valence-electron chi connectivity index (χ4n) is 15.4. The molecule has 760 valence electrons. The molecule has 0 heterocycles. The Morgan fingerprint density at radius 1 is 0.0828 bits per heavy atom. The van der Waals surface area contributed by atoms with E-state index < -0.39 is 470 Å². The molecule has 12 rings (SSSR count). The minimum atomic E-state index is -9.70. The molecule has 0 atom stereocenters. The highest BCUT2D eigenvalue weighted by atomic mass is 19.3. The van der Waals surface area contributed by atoms with E-state index in [1.54, 1.807) is 19.0 Å². The molecule has 0 bridgehead atoms. The van der Waals surface area contributed by atoms with Gasteiger partial charge in [-0.25, -0.2) is 263 Å². The Morgan fingerprint density at radius 2 is 0.131 bits per heavy atom. The van der Waals surface area contributed by atoms with Crippen molar-refractivity contribution in [2.75, 3.05) is 0 Å². The lowest BCUT2D eigenvalue weighted by molar-refractivity contribution is 0.379. The van der Waals surface area contributed by atoms with Crippen LogP contribution in [0.1, 0.15) is 0 Å². The molecule has 0 unspecified atom stereocenters. The Balaban J connectivity index is 1.75. The standard InChI is InChI=1S/C76B5F60N4/c82-17-5(18(83)42(107)65(130)41(17)106)78(6-19(84)43(108)66(131)44(109)20(6)85,7-21(86)45(110)67(132)46(111)22(7)87)142-1-77(2-143-79(8-23(88)47(112)68(133)48(113)24(8)89,9-25(90)49(114)69(134)50(115)26(9)91)10-27(92)51(116)70(135)52(117)28(10)93,3-144-80(11-29(94)53(118)71(136)54(119)30(11)95,12-31(96)55(120)72(137)56(121)32(12)97)13-33(98)57(122)73(138)58(123)34(13)99)4-145-81(14-35(100)59(124)74(139)60(125)36(14)101,15-37(102)61(126)75(140)62(127)38(15)103)16-39(104)63(128)76(141)64(129)40(16)105/q-1. The van der Waals surface area contributed by atoms with Crippen LogP contribution in [-0.2, 0) is 0 Å². The summed E-state index contributed by atoms with van der Waals surface area (Å²) in [4.78, 5) is 0. The normalized spacial score (nSPS) is 12.1. The van der Waals surface area contributed by atoms with Gasteiger partial charge >= 0.3 is 31.3 Å². The minimum Gasteiger partial charge on any atom is -0.370 e. The quantitative estimate of drug-likeness (QED) is 0.0502. The third kappa shape index (κ3) is 14.9. The smallest absolute Gasteiger partial charge is 0.370 e. The molecule has 69 heteroatoms. The topological polar surface area (TPSA) is 17.4 Å². The largest absolute Gasteiger partial charge is 0.563 e. The zero-order valence-electron chi connectivity index (χ0n) is 65.4. The van der Waals surface area contributed by atoms with E-state index in [0.717, 1.165) is 0 Å². The summed E-state index contributed by atoms with van der Waals surface area (Å²) in [5, 5.41) is 0. The first-order valence-electron chi connectivity index (χ1n) is 35.9. The van der Waals surface area contributed by atoms with Crippen molar-refractivity contribution in [1.29, 1.82) is 0 Å². The molecule has 0 radical (unpaired) electrons. The van der Waals surface area contributed by atoms with Crippen LogP contribution in [0.5, 0.6) is 0 Å². The van der Waals surface area contributed by atoms with Crippen molar-refractivity contribution in [2.45, 2.75) is 0 Å². The Labute approximate surface area is 750 Å². The van der Waals surface area contributed by atoms with E-state index in [9.17, 15) is 0 Å². The predicted molar refractivity (Wildman–Crippen MR) is 368 cm³/mol. The summed E-state index contributed by atoms with van der Waals surface area (Å²) in [6.07, 6.45) is -47.0. The first-order chi connectivity index (χ1) is 66.9. The van der Waals surface area contributed by atoms with E-state index in [4.69, 9.17) is 0 Å². The second kappa shape index (κ2) is 36.8. The second-order valence-electron chi connectivity index (χ2n) is 29.0. The maximum Gasteiger partial charge on any atom is 0.563 e. The predicted octanol–water partition coefficient (Wildman–Crippen LogP) is 17.9. The molecule has 145 heavy (non-hydrogen) atoms. The lowest BCUT2D eigenvalue weighted by Crippen LogP contribution is -2.72. The van der Waals surface area contributed by atoms with Gasteiger partial charge in [0.05, 0.1) is 0 Å². The number of hydrogen-bond acceptors (Lipinski definition) is 0. The van der Waals surface area contributed by atoms with E-state index in [-0.39, 0.29) is 0 Å². The molecular weight excluding hydrogens is 2160 g/mol. The van der Waals surface area contributed by atoms with Crippen molar-refractivity contribution in [2.24, 2.45) is 0 Å². The fraction of sp³-hybridized carbons (Fsp3) is 0. The molecule has 0 saturated heterocycles. The van der Waals surface area contributed by atoms with E-state index >= 15 is 263 Å². The molecule has 0 aliphatic heterocycles. The Hall–Kier alpha value is -15.3. The van der Waals surface area contributed by atoms with Crippen LogP contribution < -0.4 is 65.6 Å². The number of benzene rings is 12. The Bertz CT molecular complexity index is 6250. The third-order valence-corrected chi connectivity index (χ3v) is 21.8.